The van der Waals surface area contributed by atoms with Crippen molar-refractivity contribution in [3.63, 3.8) is 0 Å². The van der Waals surface area contributed by atoms with Crippen LogP contribution < -0.4 is 0 Å². The van der Waals surface area contributed by atoms with E-state index in [0.717, 1.165) is 51.3 Å². The lowest BCUT2D eigenvalue weighted by molar-refractivity contribution is -0.120. The molecule has 0 aliphatic heterocycles. The zero-order chi connectivity index (χ0) is 13.0. The van der Waals surface area contributed by atoms with E-state index in [1.165, 1.54) is 12.8 Å². The average molecular weight is 253 g/mol. The van der Waals surface area contributed by atoms with Crippen molar-refractivity contribution in [3.05, 3.63) is 0 Å². The summed E-state index contributed by atoms with van der Waals surface area (Å²) in [4.78, 5) is 14.2. The summed E-state index contributed by atoms with van der Waals surface area (Å²) in [6.07, 6.45) is 6.87. The summed E-state index contributed by atoms with van der Waals surface area (Å²) in [5, 5.41) is 0. The highest BCUT2D eigenvalue weighted by Crippen LogP contribution is 2.35. The summed E-state index contributed by atoms with van der Waals surface area (Å²) < 4.78 is 5.21. The molecule has 0 N–H and O–H groups in total. The molecule has 0 heterocycles. The first-order valence-corrected chi connectivity index (χ1v) is 7.48. The number of ether oxygens (including phenoxy) is 1. The van der Waals surface area contributed by atoms with Crippen LogP contribution in [0, 0.1) is 11.8 Å². The zero-order valence-corrected chi connectivity index (χ0v) is 11.9. The number of methoxy groups -OCH3 is 1. The first-order chi connectivity index (χ1) is 8.72. The van der Waals surface area contributed by atoms with Crippen molar-refractivity contribution in [2.75, 3.05) is 26.8 Å². The van der Waals surface area contributed by atoms with Crippen LogP contribution >= 0.6 is 0 Å². The minimum absolute atomic E-state index is 0.349. The average Bonchev–Trinajstić information content (AvgIpc) is 3.13. The molecule has 0 radical (unpaired) electrons. The van der Waals surface area contributed by atoms with Gasteiger partial charge in [-0.25, -0.2) is 0 Å². The fraction of sp³-hybridized carbons (Fsp3) is 0.933. The van der Waals surface area contributed by atoms with Crippen molar-refractivity contribution in [3.8, 4) is 0 Å². The fourth-order valence-corrected chi connectivity index (χ4v) is 3.12. The van der Waals surface area contributed by atoms with Gasteiger partial charge < -0.3 is 4.74 Å². The SMILES string of the molecule is COCCN(CCC1CCCC1=O)C(C)C1CC1. The summed E-state index contributed by atoms with van der Waals surface area (Å²) in [6, 6.07) is 0.664. The third kappa shape index (κ3) is 3.79. The van der Waals surface area contributed by atoms with E-state index in [-0.39, 0.29) is 0 Å². The number of hydrogen-bond acceptors (Lipinski definition) is 3. The highest BCUT2D eigenvalue weighted by molar-refractivity contribution is 5.82. The molecule has 2 fully saturated rings. The number of ketones is 1. The topological polar surface area (TPSA) is 29.5 Å². The second-order valence-electron chi connectivity index (χ2n) is 5.95. The lowest BCUT2D eigenvalue weighted by Gasteiger charge is -2.29. The highest BCUT2D eigenvalue weighted by atomic mass is 16.5. The third-order valence-corrected chi connectivity index (χ3v) is 4.66. The van der Waals surface area contributed by atoms with Crippen molar-refractivity contribution in [1.82, 2.24) is 4.90 Å². The smallest absolute Gasteiger partial charge is 0.136 e. The molecule has 18 heavy (non-hydrogen) atoms. The minimum atomic E-state index is 0.349. The summed E-state index contributed by atoms with van der Waals surface area (Å²) in [5.74, 6) is 1.74. The monoisotopic (exact) mass is 253 g/mol. The van der Waals surface area contributed by atoms with E-state index < -0.39 is 0 Å². The molecule has 2 rings (SSSR count). The summed E-state index contributed by atoms with van der Waals surface area (Å²) in [5.41, 5.74) is 0. The Hall–Kier alpha value is -0.410. The standard InChI is InChI=1S/C15H27NO2/c1-12(13-6-7-13)16(10-11-18-2)9-8-14-4-3-5-15(14)17/h12-14H,3-11H2,1-2H3. The number of nitrogens with zero attached hydrogens (tertiary/aromatic N) is 1. The predicted octanol–water partition coefficient (Wildman–Crippen LogP) is 2.49. The van der Waals surface area contributed by atoms with Crippen molar-refractivity contribution < 1.29 is 9.53 Å². The van der Waals surface area contributed by atoms with Gasteiger partial charge in [0.05, 0.1) is 6.61 Å². The number of rotatable bonds is 8. The van der Waals surface area contributed by atoms with Crippen LogP contribution in [0.25, 0.3) is 0 Å². The van der Waals surface area contributed by atoms with Gasteiger partial charge >= 0.3 is 0 Å². The van der Waals surface area contributed by atoms with Crippen LogP contribution in [0.1, 0.15) is 45.4 Å². The van der Waals surface area contributed by atoms with E-state index in [2.05, 4.69) is 11.8 Å². The Morgan fingerprint density at radius 1 is 1.33 bits per heavy atom. The maximum Gasteiger partial charge on any atom is 0.136 e. The van der Waals surface area contributed by atoms with Gasteiger partial charge in [0.15, 0.2) is 0 Å². The molecule has 2 saturated carbocycles. The normalized spacial score (nSPS) is 25.9. The lowest BCUT2D eigenvalue weighted by atomic mass is 10.0. The highest BCUT2D eigenvalue weighted by Gasteiger charge is 2.32. The second kappa shape index (κ2) is 6.67. The van der Waals surface area contributed by atoms with Gasteiger partial charge in [0, 0.05) is 32.0 Å². The van der Waals surface area contributed by atoms with E-state index in [1.807, 2.05) is 0 Å². The van der Waals surface area contributed by atoms with E-state index in [0.29, 0.717) is 17.7 Å². The second-order valence-corrected chi connectivity index (χ2v) is 5.95. The maximum atomic E-state index is 11.7. The minimum Gasteiger partial charge on any atom is -0.383 e. The molecule has 0 bridgehead atoms. The Labute approximate surface area is 111 Å². The van der Waals surface area contributed by atoms with Crippen molar-refractivity contribution in [2.24, 2.45) is 11.8 Å². The lowest BCUT2D eigenvalue weighted by Crippen LogP contribution is -2.38. The number of carbonyl (C=O) groups excluding carboxylic acids is 1. The van der Waals surface area contributed by atoms with Gasteiger partial charge in [-0.05, 0) is 51.5 Å². The Morgan fingerprint density at radius 2 is 2.11 bits per heavy atom. The van der Waals surface area contributed by atoms with Gasteiger partial charge in [-0.15, -0.1) is 0 Å². The first-order valence-electron chi connectivity index (χ1n) is 7.48. The Balaban J connectivity index is 1.78. The van der Waals surface area contributed by atoms with Crippen LogP contribution in [0.3, 0.4) is 0 Å². The molecule has 0 amide bonds. The van der Waals surface area contributed by atoms with Gasteiger partial charge in [0.25, 0.3) is 0 Å². The first kappa shape index (κ1) is 14.0. The molecule has 0 saturated heterocycles. The molecule has 0 aromatic heterocycles. The molecule has 2 aliphatic rings. The summed E-state index contributed by atoms with van der Waals surface area (Å²) in [7, 11) is 1.76. The van der Waals surface area contributed by atoms with Gasteiger partial charge in [-0.1, -0.05) is 0 Å². The predicted molar refractivity (Wildman–Crippen MR) is 72.6 cm³/mol. The molecule has 104 valence electrons. The largest absolute Gasteiger partial charge is 0.383 e. The van der Waals surface area contributed by atoms with Crippen LogP contribution in [0.2, 0.25) is 0 Å². The fourth-order valence-electron chi connectivity index (χ4n) is 3.12. The molecular weight excluding hydrogens is 226 g/mol. The van der Waals surface area contributed by atoms with Gasteiger partial charge in [0.2, 0.25) is 0 Å². The van der Waals surface area contributed by atoms with Crippen LogP contribution in [0.5, 0.6) is 0 Å². The number of hydrogen-bond donors (Lipinski definition) is 0. The van der Waals surface area contributed by atoms with E-state index in [1.54, 1.807) is 7.11 Å². The maximum absolute atomic E-state index is 11.7. The Bertz CT molecular complexity index is 276. The van der Waals surface area contributed by atoms with Gasteiger partial charge in [0.1, 0.15) is 5.78 Å². The quantitative estimate of drug-likeness (QED) is 0.665. The van der Waals surface area contributed by atoms with E-state index in [4.69, 9.17) is 4.74 Å². The number of carbonyl (C=O) groups is 1. The molecule has 3 nitrogen and oxygen atoms in total. The molecular formula is C15H27NO2. The number of Topliss-reactive ketones (excluding diaryl/α,β-unsaturated/α-hetero) is 1. The molecule has 0 aromatic rings. The van der Waals surface area contributed by atoms with E-state index >= 15 is 0 Å². The van der Waals surface area contributed by atoms with Gasteiger partial charge in [-0.2, -0.15) is 0 Å². The Morgan fingerprint density at radius 3 is 2.67 bits per heavy atom. The van der Waals surface area contributed by atoms with Gasteiger partial charge in [-0.3, -0.25) is 9.69 Å². The van der Waals surface area contributed by atoms with Crippen LogP contribution in [-0.4, -0.2) is 43.5 Å². The summed E-state index contributed by atoms with van der Waals surface area (Å²) >= 11 is 0. The van der Waals surface area contributed by atoms with Crippen molar-refractivity contribution in [1.29, 1.82) is 0 Å². The van der Waals surface area contributed by atoms with Crippen LogP contribution in [-0.2, 0) is 9.53 Å². The van der Waals surface area contributed by atoms with E-state index in [9.17, 15) is 4.79 Å². The van der Waals surface area contributed by atoms with Crippen LogP contribution in [0.15, 0.2) is 0 Å². The molecule has 2 atom stereocenters. The Kier molecular flexibility index (Phi) is 5.19. The molecule has 3 heteroatoms. The molecule has 0 spiro atoms. The zero-order valence-electron chi connectivity index (χ0n) is 11.9. The summed E-state index contributed by atoms with van der Waals surface area (Å²) in [6.45, 7) is 5.21. The molecule has 0 aromatic carbocycles. The van der Waals surface area contributed by atoms with Crippen molar-refractivity contribution in [2.45, 2.75) is 51.5 Å². The molecule has 2 unspecified atom stereocenters. The third-order valence-electron chi connectivity index (χ3n) is 4.66. The van der Waals surface area contributed by atoms with Crippen LogP contribution in [0.4, 0.5) is 0 Å². The molecule has 2 aliphatic carbocycles. The van der Waals surface area contributed by atoms with Crippen molar-refractivity contribution >= 4 is 5.78 Å².